The van der Waals surface area contributed by atoms with Crippen LogP contribution in [0.25, 0.3) is 0 Å². The summed E-state index contributed by atoms with van der Waals surface area (Å²) in [5.41, 5.74) is 1.11. The number of hydrogen-bond acceptors (Lipinski definition) is 3. The lowest BCUT2D eigenvalue weighted by molar-refractivity contribution is -0.119. The fraction of sp³-hybridized carbons (Fsp3) is 0.600. The predicted molar refractivity (Wildman–Crippen MR) is 141 cm³/mol. The van der Waals surface area contributed by atoms with Crippen molar-refractivity contribution >= 4 is 49.4 Å². The first-order valence-corrected chi connectivity index (χ1v) is 14.7. The van der Waals surface area contributed by atoms with Crippen molar-refractivity contribution in [1.82, 2.24) is 5.32 Å². The highest BCUT2D eigenvalue weighted by Crippen LogP contribution is 2.41. The maximum atomic E-state index is 14.6. The standard InChI is InChI=1S/C25H37ClFN2O2PS/c1-4-7-8-11-14-28-24(30)17-12-9-10-13-18(17)25(31)29-21-16-22(19(26)15-20(21)27)33-23(5-2)32-6-3/h15-16,23,32H,4-14H2,1-3H3,(H,28,30)(H,29,31). The summed E-state index contributed by atoms with van der Waals surface area (Å²) >= 11 is 7.93. The fourth-order valence-corrected chi connectivity index (χ4v) is 6.90. The number of carbonyl (C=O) groups excluding carboxylic acids is 2. The minimum absolute atomic E-state index is 0.110. The van der Waals surface area contributed by atoms with Crippen molar-refractivity contribution in [2.75, 3.05) is 18.0 Å². The summed E-state index contributed by atoms with van der Waals surface area (Å²) in [6.45, 7) is 7.04. The van der Waals surface area contributed by atoms with Gasteiger partial charge in [-0.05, 0) is 56.8 Å². The van der Waals surface area contributed by atoms with Crippen LogP contribution in [0.4, 0.5) is 10.1 Å². The third-order valence-electron chi connectivity index (χ3n) is 5.67. The van der Waals surface area contributed by atoms with E-state index in [1.807, 2.05) is 0 Å². The van der Waals surface area contributed by atoms with Gasteiger partial charge in [0.1, 0.15) is 5.82 Å². The molecule has 2 rings (SSSR count). The summed E-state index contributed by atoms with van der Waals surface area (Å²) in [5.74, 6) is -1.14. The van der Waals surface area contributed by atoms with Gasteiger partial charge in [-0.3, -0.25) is 9.59 Å². The Labute approximate surface area is 209 Å². The van der Waals surface area contributed by atoms with Gasteiger partial charge in [-0.1, -0.05) is 51.6 Å². The molecule has 1 aliphatic carbocycles. The number of thioether (sulfide) groups is 1. The van der Waals surface area contributed by atoms with Crippen molar-refractivity contribution < 1.29 is 14.0 Å². The van der Waals surface area contributed by atoms with E-state index >= 15 is 0 Å². The van der Waals surface area contributed by atoms with Crippen LogP contribution in [0.3, 0.4) is 0 Å². The average Bonchev–Trinajstić information content (AvgIpc) is 2.81. The van der Waals surface area contributed by atoms with Crippen LogP contribution in [0.1, 0.15) is 78.6 Å². The third kappa shape index (κ3) is 8.88. The van der Waals surface area contributed by atoms with E-state index in [4.69, 9.17) is 11.6 Å². The molecule has 1 aliphatic rings. The lowest BCUT2D eigenvalue weighted by Crippen LogP contribution is -2.30. The molecule has 0 spiro atoms. The van der Waals surface area contributed by atoms with Gasteiger partial charge >= 0.3 is 0 Å². The molecule has 0 saturated heterocycles. The number of anilines is 1. The highest BCUT2D eigenvalue weighted by atomic mass is 35.5. The molecule has 184 valence electrons. The first-order chi connectivity index (χ1) is 15.9. The normalized spacial score (nSPS) is 15.2. The lowest BCUT2D eigenvalue weighted by atomic mass is 9.90. The maximum Gasteiger partial charge on any atom is 0.252 e. The van der Waals surface area contributed by atoms with E-state index in [9.17, 15) is 14.0 Å². The summed E-state index contributed by atoms with van der Waals surface area (Å²) in [4.78, 5) is 27.0. The maximum absolute atomic E-state index is 14.6. The van der Waals surface area contributed by atoms with Crippen LogP contribution >= 0.6 is 31.9 Å². The summed E-state index contributed by atoms with van der Waals surface area (Å²) in [6, 6.07) is 2.89. The van der Waals surface area contributed by atoms with Crippen molar-refractivity contribution in [2.45, 2.75) is 88.4 Å². The van der Waals surface area contributed by atoms with Gasteiger partial charge in [-0.2, -0.15) is 0 Å². The van der Waals surface area contributed by atoms with Crippen LogP contribution in [0.5, 0.6) is 0 Å². The van der Waals surface area contributed by atoms with E-state index in [1.165, 1.54) is 6.07 Å². The molecule has 0 bridgehead atoms. The zero-order valence-electron chi connectivity index (χ0n) is 20.0. The molecule has 0 radical (unpaired) electrons. The van der Waals surface area contributed by atoms with Crippen LogP contribution < -0.4 is 10.6 Å². The van der Waals surface area contributed by atoms with Crippen molar-refractivity contribution in [3.05, 3.63) is 34.1 Å². The van der Waals surface area contributed by atoms with Gasteiger partial charge in [-0.25, -0.2) is 4.39 Å². The molecule has 4 nitrogen and oxygen atoms in total. The molecule has 0 heterocycles. The molecule has 1 aromatic carbocycles. The quantitative estimate of drug-likeness (QED) is 0.163. The fourth-order valence-electron chi connectivity index (χ4n) is 3.83. The van der Waals surface area contributed by atoms with Crippen LogP contribution in [0.15, 0.2) is 28.2 Å². The molecule has 1 aromatic rings. The Morgan fingerprint density at radius 2 is 1.79 bits per heavy atom. The molecule has 8 heteroatoms. The second kappa shape index (κ2) is 15.0. The third-order valence-corrected chi connectivity index (χ3v) is 9.43. The van der Waals surface area contributed by atoms with Crippen LogP contribution in [0.2, 0.25) is 5.02 Å². The van der Waals surface area contributed by atoms with E-state index in [1.54, 1.807) is 17.8 Å². The summed E-state index contributed by atoms with van der Waals surface area (Å²) in [5, 5.41) is 6.03. The highest BCUT2D eigenvalue weighted by molar-refractivity contribution is 8.04. The van der Waals surface area contributed by atoms with Gasteiger partial charge < -0.3 is 10.6 Å². The number of halogens is 2. The number of nitrogens with one attached hydrogen (secondary N) is 2. The molecule has 0 aromatic heterocycles. The molecule has 2 unspecified atom stereocenters. The van der Waals surface area contributed by atoms with E-state index in [0.29, 0.717) is 40.5 Å². The average molecular weight is 515 g/mol. The number of rotatable bonds is 13. The summed E-state index contributed by atoms with van der Waals surface area (Å²) in [6.07, 6.45) is 9.21. The predicted octanol–water partition coefficient (Wildman–Crippen LogP) is 7.51. The van der Waals surface area contributed by atoms with E-state index in [2.05, 4.69) is 31.4 Å². The zero-order valence-corrected chi connectivity index (χ0v) is 22.6. The van der Waals surface area contributed by atoms with E-state index in [-0.39, 0.29) is 11.6 Å². The van der Waals surface area contributed by atoms with Gasteiger partial charge in [0.2, 0.25) is 5.91 Å². The Bertz CT molecular complexity index is 850. The van der Waals surface area contributed by atoms with Gasteiger partial charge in [0.25, 0.3) is 5.91 Å². The van der Waals surface area contributed by atoms with Gasteiger partial charge in [0.05, 0.1) is 10.7 Å². The molecule has 0 saturated carbocycles. The van der Waals surface area contributed by atoms with Gasteiger partial charge in [0.15, 0.2) is 0 Å². The van der Waals surface area contributed by atoms with Crippen molar-refractivity contribution in [2.24, 2.45) is 0 Å². The zero-order chi connectivity index (χ0) is 24.2. The lowest BCUT2D eigenvalue weighted by Gasteiger charge is -2.20. The molecular formula is C25H37ClFN2O2PS. The van der Waals surface area contributed by atoms with Crippen LogP contribution in [-0.4, -0.2) is 29.5 Å². The minimum atomic E-state index is -0.568. The van der Waals surface area contributed by atoms with E-state index in [0.717, 1.165) is 64.6 Å². The number of hydrogen-bond donors (Lipinski definition) is 2. The molecule has 2 amide bonds. The first kappa shape index (κ1) is 28.1. The minimum Gasteiger partial charge on any atom is -0.352 e. The van der Waals surface area contributed by atoms with Crippen molar-refractivity contribution in [1.29, 1.82) is 0 Å². The largest absolute Gasteiger partial charge is 0.352 e. The summed E-state index contributed by atoms with van der Waals surface area (Å²) in [7, 11) is 0.785. The van der Waals surface area contributed by atoms with Crippen molar-refractivity contribution in [3.63, 3.8) is 0 Å². The van der Waals surface area contributed by atoms with Crippen molar-refractivity contribution in [3.8, 4) is 0 Å². The number of carbonyl (C=O) groups is 2. The molecular weight excluding hydrogens is 478 g/mol. The SMILES string of the molecule is CCCCCCNC(=O)C1=C(C(=O)Nc2cc(SC(CC)PCC)c(Cl)cc2F)CCCC1. The van der Waals surface area contributed by atoms with Gasteiger partial charge in [-0.15, -0.1) is 20.3 Å². The molecule has 0 aliphatic heterocycles. The Morgan fingerprint density at radius 3 is 2.42 bits per heavy atom. The summed E-state index contributed by atoms with van der Waals surface area (Å²) < 4.78 is 14.6. The number of benzene rings is 1. The molecule has 0 fully saturated rings. The molecule has 33 heavy (non-hydrogen) atoms. The topological polar surface area (TPSA) is 58.2 Å². The number of unbranched alkanes of at least 4 members (excludes halogenated alkanes) is 3. The Morgan fingerprint density at radius 1 is 1.09 bits per heavy atom. The second-order valence-electron chi connectivity index (χ2n) is 8.27. The van der Waals surface area contributed by atoms with E-state index < -0.39 is 11.7 Å². The number of amides is 2. The van der Waals surface area contributed by atoms with Gasteiger partial charge in [0, 0.05) is 27.6 Å². The second-order valence-corrected chi connectivity index (χ2v) is 12.2. The smallest absolute Gasteiger partial charge is 0.252 e. The molecule has 2 N–H and O–H groups in total. The monoisotopic (exact) mass is 514 g/mol. The Balaban J connectivity index is 2.15. The molecule has 2 atom stereocenters. The Hall–Kier alpha value is -1.10. The first-order valence-electron chi connectivity index (χ1n) is 12.1. The Kier molecular flexibility index (Phi) is 12.8. The van der Waals surface area contributed by atoms with Crippen LogP contribution in [-0.2, 0) is 9.59 Å². The van der Waals surface area contributed by atoms with Crippen LogP contribution in [0, 0.1) is 5.82 Å². The highest BCUT2D eigenvalue weighted by Gasteiger charge is 2.25.